The molecule has 1 aromatic carbocycles. The van der Waals surface area contributed by atoms with Crippen LogP contribution in [0.15, 0.2) is 34.9 Å². The van der Waals surface area contributed by atoms with E-state index >= 15 is 0 Å². The van der Waals surface area contributed by atoms with Crippen molar-refractivity contribution in [3.8, 4) is 11.8 Å². The van der Waals surface area contributed by atoms with Gasteiger partial charge < -0.3 is 10.1 Å². The monoisotopic (exact) mass is 371 g/mol. The topological polar surface area (TPSA) is 83.7 Å². The van der Waals surface area contributed by atoms with E-state index < -0.39 is 6.10 Å². The molecule has 0 aliphatic carbocycles. The Bertz CT molecular complexity index is 905. The van der Waals surface area contributed by atoms with Crippen LogP contribution in [0.4, 0.5) is 5.82 Å². The summed E-state index contributed by atoms with van der Waals surface area (Å²) in [6.07, 6.45) is 3.74. The second-order valence-corrected chi connectivity index (χ2v) is 7.26. The molecule has 25 heavy (non-hydrogen) atoms. The molecule has 0 spiro atoms. The second kappa shape index (κ2) is 8.14. The molecule has 0 aliphatic heterocycles. The van der Waals surface area contributed by atoms with Gasteiger partial charge in [0.25, 0.3) is 0 Å². The zero-order valence-electron chi connectivity index (χ0n) is 13.9. The quantitative estimate of drug-likeness (QED) is 0.626. The highest BCUT2D eigenvalue weighted by molar-refractivity contribution is 8.00. The van der Waals surface area contributed by atoms with E-state index in [0.717, 1.165) is 20.4 Å². The van der Waals surface area contributed by atoms with Gasteiger partial charge in [-0.2, -0.15) is 5.26 Å². The van der Waals surface area contributed by atoms with E-state index in [9.17, 15) is 0 Å². The third-order valence-corrected chi connectivity index (χ3v) is 5.53. The minimum absolute atomic E-state index is 0.424. The van der Waals surface area contributed by atoms with Gasteiger partial charge in [0.2, 0.25) is 0 Å². The number of nitrogens with zero attached hydrogens (tertiary/aromatic N) is 4. The molecule has 2 heterocycles. The Morgan fingerprint density at radius 1 is 1.40 bits per heavy atom. The number of hydrogen-bond donors (Lipinski definition) is 1. The number of thioether (sulfide) groups is 1. The van der Waals surface area contributed by atoms with Crippen LogP contribution in [0.5, 0.6) is 5.75 Å². The number of benzene rings is 1. The van der Waals surface area contributed by atoms with Crippen LogP contribution in [0, 0.1) is 11.3 Å². The molecule has 128 valence electrons. The highest BCUT2D eigenvalue weighted by Gasteiger charge is 2.10. The number of nitrogens with one attached hydrogen (secondary N) is 1. The number of thiazole rings is 1. The Kier molecular flexibility index (Phi) is 5.68. The zero-order valence-corrected chi connectivity index (χ0v) is 15.5. The Morgan fingerprint density at radius 2 is 2.28 bits per heavy atom. The largest absolute Gasteiger partial charge is 0.476 e. The van der Waals surface area contributed by atoms with E-state index in [-0.39, 0.29) is 0 Å². The van der Waals surface area contributed by atoms with E-state index in [1.807, 2.05) is 37.4 Å². The van der Waals surface area contributed by atoms with Crippen LogP contribution in [-0.4, -0.2) is 27.3 Å². The Morgan fingerprint density at radius 3 is 3.04 bits per heavy atom. The summed E-state index contributed by atoms with van der Waals surface area (Å²) in [7, 11) is 0. The predicted molar refractivity (Wildman–Crippen MR) is 101 cm³/mol. The van der Waals surface area contributed by atoms with Crippen LogP contribution in [0.2, 0.25) is 0 Å². The van der Waals surface area contributed by atoms with E-state index in [2.05, 4.69) is 26.3 Å². The zero-order chi connectivity index (χ0) is 17.6. The lowest BCUT2D eigenvalue weighted by molar-refractivity contribution is 0.251. The summed E-state index contributed by atoms with van der Waals surface area (Å²) in [5.74, 6) is 1.47. The molecule has 8 heteroatoms. The Hall–Kier alpha value is -2.37. The van der Waals surface area contributed by atoms with Gasteiger partial charge in [0.1, 0.15) is 28.7 Å². The van der Waals surface area contributed by atoms with Gasteiger partial charge >= 0.3 is 0 Å². The highest BCUT2D eigenvalue weighted by Crippen LogP contribution is 2.31. The number of ether oxygens (including phenoxy) is 1. The first-order valence-electron chi connectivity index (χ1n) is 7.78. The summed E-state index contributed by atoms with van der Waals surface area (Å²) in [5.41, 5.74) is 1.76. The van der Waals surface area contributed by atoms with E-state index in [1.54, 1.807) is 23.1 Å². The number of rotatable bonds is 7. The summed E-state index contributed by atoms with van der Waals surface area (Å²) < 4.78 is 7.59. The average Bonchev–Trinajstić information content (AvgIpc) is 3.08. The lowest BCUT2D eigenvalue weighted by Crippen LogP contribution is -2.12. The van der Waals surface area contributed by atoms with Crippen molar-refractivity contribution in [1.82, 2.24) is 15.0 Å². The first-order chi connectivity index (χ1) is 12.2. The summed E-state index contributed by atoms with van der Waals surface area (Å²) >= 11 is 3.18. The van der Waals surface area contributed by atoms with Crippen LogP contribution in [-0.2, 0) is 6.54 Å². The fourth-order valence-corrected chi connectivity index (χ4v) is 3.71. The van der Waals surface area contributed by atoms with Crippen LogP contribution < -0.4 is 10.1 Å². The fourth-order valence-electron chi connectivity index (χ4n) is 2.23. The third-order valence-electron chi connectivity index (χ3n) is 3.50. The van der Waals surface area contributed by atoms with Crippen molar-refractivity contribution in [3.05, 3.63) is 36.2 Å². The van der Waals surface area contributed by atoms with Gasteiger partial charge in [0, 0.05) is 6.54 Å². The van der Waals surface area contributed by atoms with E-state index in [1.165, 1.54) is 6.33 Å². The molecule has 1 unspecified atom stereocenters. The highest BCUT2D eigenvalue weighted by atomic mass is 32.2. The van der Waals surface area contributed by atoms with Crippen molar-refractivity contribution in [2.75, 3.05) is 11.6 Å². The van der Waals surface area contributed by atoms with E-state index in [4.69, 9.17) is 10.00 Å². The van der Waals surface area contributed by atoms with Gasteiger partial charge in [-0.05, 0) is 30.4 Å². The van der Waals surface area contributed by atoms with Gasteiger partial charge in [-0.3, -0.25) is 0 Å². The minimum Gasteiger partial charge on any atom is -0.476 e. The van der Waals surface area contributed by atoms with Crippen LogP contribution in [0.3, 0.4) is 0 Å². The molecule has 0 amide bonds. The number of nitriles is 1. The first-order valence-corrected chi connectivity index (χ1v) is 9.82. The predicted octanol–water partition coefficient (Wildman–Crippen LogP) is 4.10. The minimum atomic E-state index is -0.424. The number of anilines is 1. The molecule has 0 bridgehead atoms. The smallest absolute Gasteiger partial charge is 0.184 e. The molecule has 1 atom stereocenters. The maximum Gasteiger partial charge on any atom is 0.184 e. The van der Waals surface area contributed by atoms with Crippen LogP contribution in [0.25, 0.3) is 10.3 Å². The van der Waals surface area contributed by atoms with Gasteiger partial charge in [0.05, 0.1) is 0 Å². The second-order valence-electron chi connectivity index (χ2n) is 5.20. The molecular weight excluding hydrogens is 354 g/mol. The normalized spacial score (nSPS) is 11.9. The van der Waals surface area contributed by atoms with Crippen molar-refractivity contribution in [3.63, 3.8) is 0 Å². The van der Waals surface area contributed by atoms with E-state index in [0.29, 0.717) is 24.4 Å². The summed E-state index contributed by atoms with van der Waals surface area (Å²) in [6, 6.07) is 9.87. The molecule has 0 aliphatic rings. The molecule has 0 saturated heterocycles. The van der Waals surface area contributed by atoms with Crippen molar-refractivity contribution < 1.29 is 4.74 Å². The number of hydrogen-bond acceptors (Lipinski definition) is 8. The molecule has 0 fully saturated rings. The number of aromatic nitrogens is 3. The summed E-state index contributed by atoms with van der Waals surface area (Å²) in [5, 5.41) is 12.4. The molecule has 3 rings (SSSR count). The fraction of sp³-hybridized carbons (Fsp3) is 0.294. The Balaban J connectivity index is 1.74. The molecular formula is C17H17N5OS2. The molecule has 0 radical (unpaired) electrons. The maximum absolute atomic E-state index is 9.02. The average molecular weight is 371 g/mol. The molecule has 2 aromatic heterocycles. The van der Waals surface area contributed by atoms with Crippen molar-refractivity contribution in [2.45, 2.75) is 30.3 Å². The van der Waals surface area contributed by atoms with Crippen molar-refractivity contribution in [1.29, 1.82) is 5.26 Å². The number of fused-ring (bicyclic) bond motifs is 1. The van der Waals surface area contributed by atoms with Crippen LogP contribution in [0.1, 0.15) is 18.9 Å². The molecule has 3 aromatic rings. The standard InChI is InChI=1S/C17H17N5OS2/c1-3-12(8-18)23-13-6-4-5-11(7-13)9-19-15-14-16(21-10-20-15)22-17(24-2)25-14/h4-7,10,12H,3,9H2,1-2H3,(H,19,20,21). The first kappa shape index (κ1) is 17.5. The van der Waals surface area contributed by atoms with Crippen LogP contribution >= 0.6 is 23.1 Å². The summed E-state index contributed by atoms with van der Waals surface area (Å²) in [4.78, 5) is 13.0. The van der Waals surface area contributed by atoms with Gasteiger partial charge in [-0.1, -0.05) is 30.8 Å². The summed E-state index contributed by atoms with van der Waals surface area (Å²) in [6.45, 7) is 2.52. The lowest BCUT2D eigenvalue weighted by atomic mass is 10.2. The third kappa shape index (κ3) is 4.18. The molecule has 0 saturated carbocycles. The molecule has 1 N–H and O–H groups in total. The van der Waals surface area contributed by atoms with Crippen molar-refractivity contribution >= 4 is 39.3 Å². The lowest BCUT2D eigenvalue weighted by Gasteiger charge is -2.12. The van der Waals surface area contributed by atoms with Gasteiger partial charge in [0.15, 0.2) is 16.1 Å². The SMILES string of the molecule is CCC(C#N)Oc1cccc(CNc2ncnc3nc(SC)sc23)c1. The van der Waals surface area contributed by atoms with Gasteiger partial charge in [-0.25, -0.2) is 15.0 Å². The maximum atomic E-state index is 9.02. The molecule has 6 nitrogen and oxygen atoms in total. The van der Waals surface area contributed by atoms with Crippen molar-refractivity contribution in [2.24, 2.45) is 0 Å². The Labute approximate surface area is 154 Å². The van der Waals surface area contributed by atoms with Gasteiger partial charge in [-0.15, -0.1) is 11.3 Å².